The maximum Gasteiger partial charge on any atom is 0.237 e. The Bertz CT molecular complexity index is 368. The SMILES string of the molecule is CCCC[C@H](N)C(=O)N[C@@H](CO)Cc1ccccc1. The predicted octanol–water partition coefficient (Wildman–Crippen LogP) is 1.22. The Hall–Kier alpha value is -1.39. The van der Waals surface area contributed by atoms with Gasteiger partial charge in [-0.2, -0.15) is 0 Å². The van der Waals surface area contributed by atoms with Gasteiger partial charge in [0, 0.05) is 0 Å². The van der Waals surface area contributed by atoms with Crippen molar-refractivity contribution < 1.29 is 9.90 Å². The molecule has 0 spiro atoms. The third kappa shape index (κ3) is 5.85. The Morgan fingerprint density at radius 2 is 2.05 bits per heavy atom. The minimum absolute atomic E-state index is 0.0822. The van der Waals surface area contributed by atoms with Gasteiger partial charge in [0.1, 0.15) is 0 Å². The molecule has 0 aliphatic heterocycles. The van der Waals surface area contributed by atoms with E-state index in [0.717, 1.165) is 18.4 Å². The van der Waals surface area contributed by atoms with E-state index >= 15 is 0 Å². The fraction of sp³-hybridized carbons (Fsp3) is 0.533. The van der Waals surface area contributed by atoms with Gasteiger partial charge in [0.15, 0.2) is 0 Å². The van der Waals surface area contributed by atoms with Gasteiger partial charge in [0.05, 0.1) is 18.7 Å². The molecule has 0 bridgehead atoms. The molecular weight excluding hydrogens is 240 g/mol. The van der Waals surface area contributed by atoms with E-state index in [1.807, 2.05) is 30.3 Å². The number of unbranched alkanes of at least 4 members (excludes halogenated alkanes) is 1. The predicted molar refractivity (Wildman–Crippen MR) is 76.7 cm³/mol. The molecule has 106 valence electrons. The highest BCUT2D eigenvalue weighted by Gasteiger charge is 2.17. The van der Waals surface area contributed by atoms with Gasteiger partial charge in [-0.3, -0.25) is 4.79 Å². The van der Waals surface area contributed by atoms with Gasteiger partial charge in [-0.05, 0) is 18.4 Å². The molecule has 2 atom stereocenters. The molecule has 4 nitrogen and oxygen atoms in total. The van der Waals surface area contributed by atoms with Gasteiger partial charge in [-0.15, -0.1) is 0 Å². The number of nitrogens with one attached hydrogen (secondary N) is 1. The van der Waals surface area contributed by atoms with Crippen LogP contribution in [0.25, 0.3) is 0 Å². The first-order chi connectivity index (χ1) is 9.17. The summed E-state index contributed by atoms with van der Waals surface area (Å²) in [6.07, 6.45) is 3.26. The lowest BCUT2D eigenvalue weighted by molar-refractivity contribution is -0.123. The highest BCUT2D eigenvalue weighted by molar-refractivity contribution is 5.81. The third-order valence-electron chi connectivity index (χ3n) is 3.10. The van der Waals surface area contributed by atoms with E-state index in [1.54, 1.807) is 0 Å². The molecule has 0 aromatic heterocycles. The topological polar surface area (TPSA) is 75.4 Å². The summed E-state index contributed by atoms with van der Waals surface area (Å²) in [6.45, 7) is 1.98. The zero-order valence-corrected chi connectivity index (χ0v) is 11.5. The number of hydrogen-bond acceptors (Lipinski definition) is 3. The number of benzene rings is 1. The molecule has 0 heterocycles. The van der Waals surface area contributed by atoms with E-state index in [2.05, 4.69) is 12.2 Å². The van der Waals surface area contributed by atoms with Crippen LogP contribution in [0.5, 0.6) is 0 Å². The molecule has 1 rings (SSSR count). The van der Waals surface area contributed by atoms with Crippen molar-refractivity contribution in [2.45, 2.75) is 44.7 Å². The van der Waals surface area contributed by atoms with E-state index in [-0.39, 0.29) is 18.6 Å². The highest BCUT2D eigenvalue weighted by Crippen LogP contribution is 2.04. The molecule has 0 radical (unpaired) electrons. The maximum atomic E-state index is 11.9. The zero-order valence-electron chi connectivity index (χ0n) is 11.5. The Labute approximate surface area is 115 Å². The first-order valence-electron chi connectivity index (χ1n) is 6.88. The lowest BCUT2D eigenvalue weighted by Gasteiger charge is -2.19. The second-order valence-electron chi connectivity index (χ2n) is 4.83. The van der Waals surface area contributed by atoms with Gasteiger partial charge in [-0.1, -0.05) is 50.1 Å². The van der Waals surface area contributed by atoms with Crippen LogP contribution in [0.4, 0.5) is 0 Å². The van der Waals surface area contributed by atoms with Crippen molar-refractivity contribution in [3.05, 3.63) is 35.9 Å². The smallest absolute Gasteiger partial charge is 0.237 e. The molecule has 19 heavy (non-hydrogen) atoms. The summed E-state index contributed by atoms with van der Waals surface area (Å²) in [6, 6.07) is 9.03. The van der Waals surface area contributed by atoms with Gasteiger partial charge in [0.2, 0.25) is 5.91 Å². The Balaban J connectivity index is 2.45. The minimum Gasteiger partial charge on any atom is -0.394 e. The highest BCUT2D eigenvalue weighted by atomic mass is 16.3. The zero-order chi connectivity index (χ0) is 14.1. The van der Waals surface area contributed by atoms with Crippen molar-refractivity contribution in [1.29, 1.82) is 0 Å². The van der Waals surface area contributed by atoms with Crippen LogP contribution >= 0.6 is 0 Å². The van der Waals surface area contributed by atoms with Crippen LogP contribution in [0, 0.1) is 0 Å². The quantitative estimate of drug-likeness (QED) is 0.661. The average Bonchev–Trinajstić information content (AvgIpc) is 2.44. The monoisotopic (exact) mass is 264 g/mol. The third-order valence-corrected chi connectivity index (χ3v) is 3.10. The second kappa shape index (κ2) is 8.67. The van der Waals surface area contributed by atoms with Gasteiger partial charge < -0.3 is 16.2 Å². The van der Waals surface area contributed by atoms with Crippen LogP contribution in [0.3, 0.4) is 0 Å². The van der Waals surface area contributed by atoms with E-state index in [9.17, 15) is 9.90 Å². The van der Waals surface area contributed by atoms with E-state index in [0.29, 0.717) is 12.8 Å². The molecule has 0 saturated carbocycles. The number of nitrogens with two attached hydrogens (primary N) is 1. The number of aliphatic hydroxyl groups excluding tert-OH is 1. The molecule has 1 aromatic rings. The van der Waals surface area contributed by atoms with E-state index < -0.39 is 6.04 Å². The number of rotatable bonds is 8. The van der Waals surface area contributed by atoms with Crippen LogP contribution in [0.2, 0.25) is 0 Å². The van der Waals surface area contributed by atoms with Crippen molar-refractivity contribution in [2.24, 2.45) is 5.73 Å². The Morgan fingerprint density at radius 1 is 1.37 bits per heavy atom. The fourth-order valence-electron chi connectivity index (χ4n) is 1.92. The van der Waals surface area contributed by atoms with Crippen LogP contribution in [0.1, 0.15) is 31.7 Å². The van der Waals surface area contributed by atoms with E-state index in [1.165, 1.54) is 0 Å². The number of aliphatic hydroxyl groups is 1. The molecule has 0 unspecified atom stereocenters. The van der Waals surface area contributed by atoms with Crippen LogP contribution < -0.4 is 11.1 Å². The van der Waals surface area contributed by atoms with Crippen molar-refractivity contribution in [3.63, 3.8) is 0 Å². The summed E-state index contributed by atoms with van der Waals surface area (Å²) in [5.41, 5.74) is 6.89. The number of carbonyl (C=O) groups is 1. The molecule has 4 heteroatoms. The molecule has 0 aliphatic carbocycles. The molecule has 0 saturated heterocycles. The van der Waals surface area contributed by atoms with Crippen LogP contribution in [-0.2, 0) is 11.2 Å². The molecule has 0 aliphatic rings. The van der Waals surface area contributed by atoms with Gasteiger partial charge >= 0.3 is 0 Å². The minimum atomic E-state index is -0.482. The van der Waals surface area contributed by atoms with Crippen LogP contribution in [0.15, 0.2) is 30.3 Å². The largest absolute Gasteiger partial charge is 0.394 e. The summed E-state index contributed by atoms with van der Waals surface area (Å²) in [7, 11) is 0. The summed E-state index contributed by atoms with van der Waals surface area (Å²) >= 11 is 0. The normalized spacial score (nSPS) is 13.8. The second-order valence-corrected chi connectivity index (χ2v) is 4.83. The molecule has 4 N–H and O–H groups in total. The van der Waals surface area contributed by atoms with Crippen molar-refractivity contribution >= 4 is 5.91 Å². The maximum absolute atomic E-state index is 11.9. The van der Waals surface area contributed by atoms with Crippen molar-refractivity contribution in [3.8, 4) is 0 Å². The molecule has 1 aromatic carbocycles. The van der Waals surface area contributed by atoms with Crippen molar-refractivity contribution in [2.75, 3.05) is 6.61 Å². The molecule has 1 amide bonds. The van der Waals surface area contributed by atoms with Crippen molar-refractivity contribution in [1.82, 2.24) is 5.32 Å². The van der Waals surface area contributed by atoms with Crippen LogP contribution in [-0.4, -0.2) is 29.7 Å². The first-order valence-corrected chi connectivity index (χ1v) is 6.88. The lowest BCUT2D eigenvalue weighted by atomic mass is 10.1. The first kappa shape index (κ1) is 15.7. The summed E-state index contributed by atoms with van der Waals surface area (Å²) in [5.74, 6) is -0.177. The van der Waals surface area contributed by atoms with E-state index in [4.69, 9.17) is 5.73 Å². The van der Waals surface area contributed by atoms with Gasteiger partial charge in [-0.25, -0.2) is 0 Å². The number of hydrogen-bond donors (Lipinski definition) is 3. The lowest BCUT2D eigenvalue weighted by Crippen LogP contribution is -2.47. The number of amides is 1. The average molecular weight is 264 g/mol. The molecule has 0 fully saturated rings. The standard InChI is InChI=1S/C15H24N2O2/c1-2-3-9-14(16)15(19)17-13(11-18)10-12-7-5-4-6-8-12/h4-8,13-14,18H,2-3,9-11,16H2,1H3,(H,17,19)/t13-,14+/m1/s1. The van der Waals surface area contributed by atoms with Gasteiger partial charge in [0.25, 0.3) is 0 Å². The fourth-order valence-corrected chi connectivity index (χ4v) is 1.92. The molecular formula is C15H24N2O2. The Morgan fingerprint density at radius 3 is 2.63 bits per heavy atom. The Kier molecular flexibility index (Phi) is 7.15. The number of carbonyl (C=O) groups excluding carboxylic acids is 1. The summed E-state index contributed by atoms with van der Waals surface area (Å²) < 4.78 is 0. The summed E-state index contributed by atoms with van der Waals surface area (Å²) in [4.78, 5) is 11.9. The summed E-state index contributed by atoms with van der Waals surface area (Å²) in [5, 5.41) is 12.1.